The molecular formula is C81H144N2O22P2. The second-order valence-corrected chi connectivity index (χ2v) is 31.0. The summed E-state index contributed by atoms with van der Waals surface area (Å²) in [4.78, 5) is 69.7. The topological polar surface area (TPSA) is 274 Å². The van der Waals surface area contributed by atoms with Gasteiger partial charge in [-0.25, -0.2) is 13.9 Å². The summed E-state index contributed by atoms with van der Waals surface area (Å²) in [6, 6.07) is -3.01. The Morgan fingerprint density at radius 1 is 0.439 bits per heavy atom. The summed E-state index contributed by atoms with van der Waals surface area (Å²) >= 11 is 0. The normalized spacial score (nSPS) is 20.7. The molecule has 0 bridgehead atoms. The third kappa shape index (κ3) is 46.7. The van der Waals surface area contributed by atoms with E-state index in [9.17, 15) is 28.3 Å². The first-order valence-electron chi connectivity index (χ1n) is 40.8. The quantitative estimate of drug-likeness (QED) is 0.0109. The van der Waals surface area contributed by atoms with Crippen LogP contribution in [0.15, 0.2) is 75.4 Å². The fraction of sp³-hybridized carbons (Fsp3) is 0.802. The number of ether oxygens (including phenoxy) is 8. The Balaban J connectivity index is 2.92. The van der Waals surface area contributed by atoms with Crippen molar-refractivity contribution in [3.05, 3.63) is 75.4 Å². The predicted octanol–water partition coefficient (Wildman–Crippen LogP) is 19.7. The van der Waals surface area contributed by atoms with Gasteiger partial charge < -0.3 is 48.5 Å². The van der Waals surface area contributed by atoms with Gasteiger partial charge >= 0.3 is 21.8 Å². The van der Waals surface area contributed by atoms with Crippen LogP contribution in [0.1, 0.15) is 285 Å². The lowest BCUT2D eigenvalue weighted by Gasteiger charge is -2.47. The maximum atomic E-state index is 14.9. The monoisotopic (exact) mass is 1560 g/mol. The molecule has 2 aliphatic heterocycles. The summed E-state index contributed by atoms with van der Waals surface area (Å²) in [5.41, 5.74) is 0. The van der Waals surface area contributed by atoms with Gasteiger partial charge in [0.2, 0.25) is 24.4 Å². The molecule has 2 heterocycles. The van der Waals surface area contributed by atoms with Crippen molar-refractivity contribution in [1.29, 1.82) is 0 Å². The van der Waals surface area contributed by atoms with E-state index in [0.29, 0.717) is 25.7 Å². The van der Waals surface area contributed by atoms with Crippen LogP contribution in [0.2, 0.25) is 0 Å². The number of methoxy groups -OCH3 is 2. The van der Waals surface area contributed by atoms with Gasteiger partial charge in [0.1, 0.15) is 48.9 Å². The molecule has 0 saturated carbocycles. The lowest BCUT2D eigenvalue weighted by molar-refractivity contribution is -0.483. The number of unbranched alkanes of at least 4 members (excludes halogenated alkanes) is 30. The number of hydrogen-bond acceptors (Lipinski definition) is 22. The molecule has 3 unspecified atom stereocenters. The van der Waals surface area contributed by atoms with Crippen LogP contribution in [0.4, 0.5) is 4.79 Å². The Morgan fingerprint density at radius 3 is 1.38 bits per heavy atom. The third-order valence-corrected chi connectivity index (χ3v) is 21.3. The highest BCUT2D eigenvalue weighted by molar-refractivity contribution is 7.48. The molecule has 11 atom stereocenters. The molecule has 2 aliphatic rings. The molecule has 0 radical (unpaired) electrons. The number of phosphoric ester groups is 2. The molecule has 2 rings (SSSR count). The molecule has 0 spiro atoms. The zero-order chi connectivity index (χ0) is 78.3. The molecule has 620 valence electrons. The highest BCUT2D eigenvalue weighted by Gasteiger charge is 2.56. The van der Waals surface area contributed by atoms with Crippen molar-refractivity contribution in [3.8, 4) is 0 Å². The smallest absolute Gasteiger partial charge is 0.430 e. The molecule has 2 fully saturated rings. The van der Waals surface area contributed by atoms with Crippen molar-refractivity contribution >= 4 is 39.4 Å². The van der Waals surface area contributed by atoms with Gasteiger partial charge in [0.15, 0.2) is 12.4 Å². The molecular weight excluding hydrogens is 1410 g/mol. The van der Waals surface area contributed by atoms with Gasteiger partial charge in [0.05, 0.1) is 45.6 Å². The molecule has 2 amide bonds. The molecule has 2 N–H and O–H groups in total. The van der Waals surface area contributed by atoms with Crippen molar-refractivity contribution in [1.82, 2.24) is 10.6 Å². The Morgan fingerprint density at radius 2 is 0.869 bits per heavy atom. The van der Waals surface area contributed by atoms with Crippen molar-refractivity contribution < 1.29 is 103 Å². The van der Waals surface area contributed by atoms with Crippen molar-refractivity contribution in [2.45, 2.75) is 352 Å². The average molecular weight is 1560 g/mol. The van der Waals surface area contributed by atoms with Crippen LogP contribution < -0.4 is 10.6 Å². The van der Waals surface area contributed by atoms with E-state index < -0.39 is 102 Å². The van der Waals surface area contributed by atoms with Crippen molar-refractivity contribution in [2.24, 2.45) is 0 Å². The summed E-state index contributed by atoms with van der Waals surface area (Å²) in [6.07, 6.45) is 33.2. The number of phosphoric acid groups is 2. The third-order valence-electron chi connectivity index (χ3n) is 18.4. The van der Waals surface area contributed by atoms with Gasteiger partial charge in [-0.2, -0.15) is 9.78 Å². The Bertz CT molecular complexity index is 2430. The second-order valence-electron chi connectivity index (χ2n) is 27.7. The molecule has 26 heteroatoms. The van der Waals surface area contributed by atoms with Crippen LogP contribution in [0.25, 0.3) is 0 Å². The van der Waals surface area contributed by atoms with Crippen LogP contribution in [-0.4, -0.2) is 158 Å². The maximum absolute atomic E-state index is 14.9. The molecule has 2 saturated heterocycles. The Kier molecular flexibility index (Phi) is 61.0. The van der Waals surface area contributed by atoms with E-state index in [2.05, 4.69) is 83.4 Å². The van der Waals surface area contributed by atoms with E-state index in [-0.39, 0.29) is 77.6 Å². The number of nitrogens with one attached hydrogen (secondary N) is 2. The average Bonchev–Trinajstić information content (AvgIpc) is 0.778. The number of carbonyl (C=O) groups is 4. The zero-order valence-electron chi connectivity index (χ0n) is 66.7. The van der Waals surface area contributed by atoms with E-state index in [1.807, 2.05) is 0 Å². The van der Waals surface area contributed by atoms with Gasteiger partial charge in [-0.1, -0.05) is 257 Å². The Labute approximate surface area is 644 Å². The number of ketones is 1. The molecule has 24 nitrogen and oxygen atoms in total. The van der Waals surface area contributed by atoms with Gasteiger partial charge in [0, 0.05) is 40.3 Å². The fourth-order valence-corrected chi connectivity index (χ4v) is 15.1. The summed E-state index contributed by atoms with van der Waals surface area (Å²) in [5.74, 6) is -1.56. The first kappa shape index (κ1) is 99.3. The van der Waals surface area contributed by atoms with Gasteiger partial charge in [-0.3, -0.25) is 41.5 Å². The standard InChI is InChI=1S/C81H144N2O22P2/c1-12-21-25-29-32-35-36-37-38-39-40-42-44-48-52-56-70(85)82-72-75(93-64-57-68(91-11)55-51-46-28-24-15-4)74(104-106(88,95-59-17-6)96-60-18-7)69(66-90-10)99-78(72)102-103-80-77(100-81(87)94-58-16-5)76(92-63-53-49-45-34-31-27-23-14-3)73(79(101-80)105-107(89,97-61-19-8)98-62-20-9)83-71(86)65-67(84)54-50-47-43-41-33-30-26-22-13-2/h16-20,35-36,68-69,72-80H,5-9,12-15,21-34,37-66H2,1-4,10-11H3,(H,82,85)(H,83,86)/b36-35-/t68-,69-,72-,73?,74?,75-,76-,77+,78+,79?,80-/m1/s1. The van der Waals surface area contributed by atoms with E-state index in [4.69, 9.17) is 74.8 Å². The zero-order valence-corrected chi connectivity index (χ0v) is 68.5. The highest BCUT2D eigenvalue weighted by atomic mass is 31.2. The highest BCUT2D eigenvalue weighted by Crippen LogP contribution is 2.54. The minimum Gasteiger partial charge on any atom is -0.430 e. The summed E-state index contributed by atoms with van der Waals surface area (Å²) in [5, 5.41) is 5.93. The van der Waals surface area contributed by atoms with Crippen LogP contribution in [0.3, 0.4) is 0 Å². The lowest BCUT2D eigenvalue weighted by atomic mass is 9.96. The first-order valence-corrected chi connectivity index (χ1v) is 43.7. The predicted molar refractivity (Wildman–Crippen MR) is 419 cm³/mol. The number of Topliss-reactive ketones (excluding diaryl/α,β-unsaturated/α-hetero) is 1. The summed E-state index contributed by atoms with van der Waals surface area (Å²) < 4.78 is 116. The number of amides is 2. The van der Waals surface area contributed by atoms with E-state index in [1.165, 1.54) is 88.9 Å². The lowest BCUT2D eigenvalue weighted by Crippen LogP contribution is -2.68. The molecule has 0 aliphatic carbocycles. The summed E-state index contributed by atoms with van der Waals surface area (Å²) in [7, 11) is -6.33. The number of rotatable bonds is 74. The van der Waals surface area contributed by atoms with Crippen LogP contribution in [0.5, 0.6) is 0 Å². The largest absolute Gasteiger partial charge is 0.509 e. The van der Waals surface area contributed by atoms with Crippen molar-refractivity contribution in [3.63, 3.8) is 0 Å². The van der Waals surface area contributed by atoms with Gasteiger partial charge in [0.25, 0.3) is 0 Å². The van der Waals surface area contributed by atoms with E-state index >= 15 is 0 Å². The fourth-order valence-electron chi connectivity index (χ4n) is 12.5. The molecule has 0 aromatic heterocycles. The van der Waals surface area contributed by atoms with Crippen LogP contribution in [0, 0.1) is 0 Å². The summed E-state index contributed by atoms with van der Waals surface area (Å²) in [6.45, 7) is 25.5. The number of allylic oxidation sites excluding steroid dienone is 2. The molecule has 107 heavy (non-hydrogen) atoms. The van der Waals surface area contributed by atoms with Crippen molar-refractivity contribution in [2.75, 3.05) is 67.1 Å². The molecule has 0 aromatic rings. The van der Waals surface area contributed by atoms with E-state index in [0.717, 1.165) is 161 Å². The van der Waals surface area contributed by atoms with Gasteiger partial charge in [-0.15, -0.1) is 26.3 Å². The van der Waals surface area contributed by atoms with E-state index in [1.54, 1.807) is 7.11 Å². The van der Waals surface area contributed by atoms with Crippen LogP contribution >= 0.6 is 15.6 Å². The maximum Gasteiger partial charge on any atom is 0.509 e. The second kappa shape index (κ2) is 65.7. The molecule has 0 aromatic carbocycles. The first-order chi connectivity index (χ1) is 52.1. The number of carbonyl (C=O) groups excluding carboxylic acids is 4. The SMILES string of the molecule is C=CCOC(=O)O[C@@H]1[C@@H](OO[C@@H]2O[C@H](COC)C(OP(=O)(OCC=C)OCC=C)[C@H](OCC[C@@H](CCCCCCC)OC)[C@H]2NC(=O)CCCCCCCCC/C=C\CCCCCC)OC(OP(=O)(OCC=C)OCC=C)C(NC(=O)CC(=O)CCCCCCCCCCC)[C@H]1OCCCCCCCCCC. The Hall–Kier alpha value is -3.78. The minimum absolute atomic E-state index is 0.00122. The minimum atomic E-state index is -4.79. The van der Waals surface area contributed by atoms with Gasteiger partial charge in [-0.05, 0) is 57.8 Å². The number of hydrogen-bond donors (Lipinski definition) is 2. The van der Waals surface area contributed by atoms with Crippen LogP contribution in [-0.2, 0) is 98.3 Å².